The van der Waals surface area contributed by atoms with Gasteiger partial charge < -0.3 is 4.98 Å². The van der Waals surface area contributed by atoms with Crippen molar-refractivity contribution in [3.8, 4) is 0 Å². The third-order valence-electron chi connectivity index (χ3n) is 2.82. The number of hydrogen-bond donors (Lipinski definition) is 2. The molecule has 0 aliphatic rings. The maximum Gasteiger partial charge on any atom is 0.264 e. The molecule has 8 heteroatoms. The Labute approximate surface area is 118 Å². The second-order valence-electron chi connectivity index (χ2n) is 4.28. The zero-order valence-electron chi connectivity index (χ0n) is 10.5. The van der Waals surface area contributed by atoms with Gasteiger partial charge in [0.2, 0.25) is 5.95 Å². The first-order valence-electron chi connectivity index (χ1n) is 5.88. The second-order valence-corrected chi connectivity index (χ2v) is 5.97. The van der Waals surface area contributed by atoms with Gasteiger partial charge in [-0.1, -0.05) is 12.1 Å². The maximum atomic E-state index is 13.1. The molecule has 5 nitrogen and oxygen atoms in total. The number of imidazole rings is 1. The largest absolute Gasteiger partial charge is 0.323 e. The first-order chi connectivity index (χ1) is 9.95. The van der Waals surface area contributed by atoms with E-state index >= 15 is 0 Å². The summed E-state index contributed by atoms with van der Waals surface area (Å²) >= 11 is 0. The van der Waals surface area contributed by atoms with Crippen LogP contribution in [-0.4, -0.2) is 18.4 Å². The number of nitrogens with one attached hydrogen (secondary N) is 2. The molecule has 0 bridgehead atoms. The number of halogens is 2. The Bertz CT molecular complexity index is 889. The summed E-state index contributed by atoms with van der Waals surface area (Å²) in [5, 5.41) is 0. The summed E-state index contributed by atoms with van der Waals surface area (Å²) < 4.78 is 52.3. The average Bonchev–Trinajstić information content (AvgIpc) is 2.82. The molecule has 0 aliphatic heterocycles. The number of fused-ring (bicyclic) bond motifs is 1. The molecule has 2 aromatic carbocycles. The third-order valence-corrected chi connectivity index (χ3v) is 4.16. The second kappa shape index (κ2) is 4.81. The van der Waals surface area contributed by atoms with E-state index in [0.29, 0.717) is 17.1 Å². The van der Waals surface area contributed by atoms with Gasteiger partial charge in [0.15, 0.2) is 11.6 Å². The molecular formula is C13H9F2N3O2S. The molecule has 3 rings (SSSR count). The molecule has 3 aromatic rings. The number of anilines is 1. The number of rotatable bonds is 3. The lowest BCUT2D eigenvalue weighted by Gasteiger charge is -2.05. The molecule has 0 spiro atoms. The molecule has 1 aromatic heterocycles. The minimum atomic E-state index is -4.05. The average molecular weight is 309 g/mol. The van der Waals surface area contributed by atoms with Gasteiger partial charge in [-0.25, -0.2) is 26.9 Å². The highest BCUT2D eigenvalue weighted by molar-refractivity contribution is 7.92. The first-order valence-corrected chi connectivity index (χ1v) is 7.37. The van der Waals surface area contributed by atoms with E-state index in [-0.39, 0.29) is 10.8 Å². The van der Waals surface area contributed by atoms with Gasteiger partial charge in [0.25, 0.3) is 10.0 Å². The number of aromatic amines is 1. The summed E-state index contributed by atoms with van der Waals surface area (Å²) in [4.78, 5) is 6.44. The van der Waals surface area contributed by atoms with E-state index in [9.17, 15) is 17.2 Å². The van der Waals surface area contributed by atoms with Gasteiger partial charge in [-0.05, 0) is 30.3 Å². The first kappa shape index (κ1) is 13.5. The lowest BCUT2D eigenvalue weighted by molar-refractivity contribution is 0.504. The molecule has 2 N–H and O–H groups in total. The molecule has 0 fully saturated rings. The number of nitrogens with zero attached hydrogens (tertiary/aromatic N) is 1. The number of H-pyrrole nitrogens is 1. The van der Waals surface area contributed by atoms with Crippen molar-refractivity contribution in [1.82, 2.24) is 9.97 Å². The number of aromatic nitrogens is 2. The van der Waals surface area contributed by atoms with E-state index in [2.05, 4.69) is 14.7 Å². The van der Waals surface area contributed by atoms with E-state index in [0.717, 1.165) is 12.1 Å². The van der Waals surface area contributed by atoms with Gasteiger partial charge in [-0.3, -0.25) is 0 Å². The highest BCUT2D eigenvalue weighted by Gasteiger charge is 2.18. The SMILES string of the molecule is O=S(=O)(Nc1nc2ccccc2[nH]1)c1ccc(F)c(F)c1. The summed E-state index contributed by atoms with van der Waals surface area (Å²) in [5.41, 5.74) is 1.24. The van der Waals surface area contributed by atoms with E-state index in [4.69, 9.17) is 0 Å². The molecule has 0 saturated heterocycles. The molecule has 21 heavy (non-hydrogen) atoms. The molecule has 0 atom stereocenters. The summed E-state index contributed by atoms with van der Waals surface area (Å²) in [7, 11) is -4.05. The Kier molecular flexibility index (Phi) is 3.09. The van der Waals surface area contributed by atoms with E-state index in [1.165, 1.54) is 0 Å². The Morgan fingerprint density at radius 3 is 2.52 bits per heavy atom. The van der Waals surface area contributed by atoms with Crippen LogP contribution >= 0.6 is 0 Å². The summed E-state index contributed by atoms with van der Waals surface area (Å²) in [6.07, 6.45) is 0. The normalized spacial score (nSPS) is 11.7. The quantitative estimate of drug-likeness (QED) is 0.781. The van der Waals surface area contributed by atoms with Crippen LogP contribution in [0.2, 0.25) is 0 Å². The Balaban J connectivity index is 1.96. The minimum Gasteiger partial charge on any atom is -0.323 e. The van der Waals surface area contributed by atoms with Crippen LogP contribution in [0.25, 0.3) is 11.0 Å². The van der Waals surface area contributed by atoms with Crippen LogP contribution in [-0.2, 0) is 10.0 Å². The summed E-state index contributed by atoms with van der Waals surface area (Å²) in [6, 6.07) is 9.32. The standard InChI is InChI=1S/C13H9F2N3O2S/c14-9-6-5-8(7-10(9)15)21(19,20)18-13-16-11-3-1-2-4-12(11)17-13/h1-7H,(H2,16,17,18). The zero-order valence-corrected chi connectivity index (χ0v) is 11.3. The van der Waals surface area contributed by atoms with Crippen molar-refractivity contribution in [2.24, 2.45) is 0 Å². The van der Waals surface area contributed by atoms with Gasteiger partial charge in [-0.15, -0.1) is 0 Å². The highest BCUT2D eigenvalue weighted by Crippen LogP contribution is 2.19. The van der Waals surface area contributed by atoms with Gasteiger partial charge in [0.05, 0.1) is 15.9 Å². The van der Waals surface area contributed by atoms with E-state index in [1.54, 1.807) is 24.3 Å². The Morgan fingerprint density at radius 1 is 1.05 bits per heavy atom. The van der Waals surface area contributed by atoms with Crippen LogP contribution in [0.3, 0.4) is 0 Å². The number of sulfonamides is 1. The maximum absolute atomic E-state index is 13.1. The molecular weight excluding hydrogens is 300 g/mol. The van der Waals surface area contributed by atoms with Crippen LogP contribution in [0.1, 0.15) is 0 Å². The molecule has 0 saturated carbocycles. The van der Waals surface area contributed by atoms with Crippen molar-refractivity contribution in [3.63, 3.8) is 0 Å². The fraction of sp³-hybridized carbons (Fsp3) is 0. The van der Waals surface area contributed by atoms with E-state index in [1.807, 2.05) is 0 Å². The topological polar surface area (TPSA) is 74.8 Å². The van der Waals surface area contributed by atoms with Crippen LogP contribution < -0.4 is 4.72 Å². The molecule has 0 radical (unpaired) electrons. The predicted molar refractivity (Wildman–Crippen MR) is 73.3 cm³/mol. The number of benzene rings is 2. The lowest BCUT2D eigenvalue weighted by atomic mass is 10.3. The smallest absolute Gasteiger partial charge is 0.264 e. The Hall–Kier alpha value is -2.48. The van der Waals surface area contributed by atoms with Crippen LogP contribution in [0.15, 0.2) is 47.4 Å². The monoisotopic (exact) mass is 309 g/mol. The minimum absolute atomic E-state index is 0.000864. The fourth-order valence-electron chi connectivity index (χ4n) is 1.83. The van der Waals surface area contributed by atoms with Crippen molar-refractivity contribution >= 4 is 27.0 Å². The van der Waals surface area contributed by atoms with Gasteiger partial charge >= 0.3 is 0 Å². The third kappa shape index (κ3) is 2.57. The van der Waals surface area contributed by atoms with Crippen molar-refractivity contribution in [2.75, 3.05) is 4.72 Å². The predicted octanol–water partition coefficient (Wildman–Crippen LogP) is 2.64. The van der Waals surface area contributed by atoms with Gasteiger partial charge in [0.1, 0.15) is 0 Å². The van der Waals surface area contributed by atoms with Crippen molar-refractivity contribution in [3.05, 3.63) is 54.1 Å². The summed E-state index contributed by atoms with van der Waals surface area (Å²) in [6.45, 7) is 0. The van der Waals surface area contributed by atoms with Crippen molar-refractivity contribution in [1.29, 1.82) is 0 Å². The number of para-hydroxylation sites is 2. The Morgan fingerprint density at radius 2 is 1.81 bits per heavy atom. The van der Waals surface area contributed by atoms with Gasteiger partial charge in [-0.2, -0.15) is 0 Å². The lowest BCUT2D eigenvalue weighted by Crippen LogP contribution is -2.14. The molecule has 0 aliphatic carbocycles. The van der Waals surface area contributed by atoms with Crippen LogP contribution in [0.4, 0.5) is 14.7 Å². The molecule has 0 unspecified atom stereocenters. The fourth-order valence-corrected chi connectivity index (χ4v) is 2.81. The number of hydrogen-bond acceptors (Lipinski definition) is 3. The van der Waals surface area contributed by atoms with Gasteiger partial charge in [0, 0.05) is 0 Å². The molecule has 108 valence electrons. The highest BCUT2D eigenvalue weighted by atomic mass is 32.2. The molecule has 0 amide bonds. The van der Waals surface area contributed by atoms with E-state index < -0.39 is 21.7 Å². The zero-order chi connectivity index (χ0) is 15.0. The summed E-state index contributed by atoms with van der Waals surface area (Å²) in [5.74, 6) is -2.35. The van der Waals surface area contributed by atoms with Crippen LogP contribution in [0, 0.1) is 11.6 Å². The van der Waals surface area contributed by atoms with Crippen LogP contribution in [0.5, 0.6) is 0 Å². The van der Waals surface area contributed by atoms with Crippen molar-refractivity contribution in [2.45, 2.75) is 4.90 Å². The molecule has 1 heterocycles. The van der Waals surface area contributed by atoms with Crippen molar-refractivity contribution < 1.29 is 17.2 Å².